The number of para-hydroxylation sites is 1. The Morgan fingerprint density at radius 2 is 2.10 bits per heavy atom. The minimum atomic E-state index is -1.14. The first-order chi connectivity index (χ1) is 9.95. The number of ether oxygens (including phenoxy) is 1. The Labute approximate surface area is 119 Å². The van der Waals surface area contributed by atoms with Crippen molar-refractivity contribution >= 4 is 23.4 Å². The number of carbonyl (C=O) groups is 1. The van der Waals surface area contributed by atoms with Crippen LogP contribution in [0.25, 0.3) is 0 Å². The van der Waals surface area contributed by atoms with Crippen LogP contribution in [-0.4, -0.2) is 34.8 Å². The number of benzene rings is 1. The molecule has 1 heterocycles. The molecule has 1 N–H and O–H groups in total. The predicted octanol–water partition coefficient (Wildman–Crippen LogP) is 1.81. The Bertz CT molecular complexity index is 653. The van der Waals surface area contributed by atoms with Crippen LogP contribution in [0, 0.1) is 16.0 Å². The van der Waals surface area contributed by atoms with Crippen molar-refractivity contribution in [2.75, 3.05) is 7.11 Å². The van der Waals surface area contributed by atoms with Gasteiger partial charge in [-0.3, -0.25) is 14.9 Å². The number of amidine groups is 1. The lowest BCUT2D eigenvalue weighted by Gasteiger charge is -2.24. The number of aliphatic imine (C=N–C) groups is 2. The number of hydrogen-bond donors (Lipinski definition) is 1. The molecular weight excluding hydrogens is 278 g/mol. The molecule has 0 fully saturated rings. The second-order valence-corrected chi connectivity index (χ2v) is 4.45. The van der Waals surface area contributed by atoms with Gasteiger partial charge in [-0.15, -0.1) is 0 Å². The Hall–Kier alpha value is -2.77. The average molecular weight is 291 g/mol. The lowest BCUT2D eigenvalue weighted by molar-refractivity contribution is -0.385. The Morgan fingerprint density at radius 1 is 1.43 bits per heavy atom. The van der Waals surface area contributed by atoms with Gasteiger partial charge in [0.05, 0.1) is 17.6 Å². The summed E-state index contributed by atoms with van der Waals surface area (Å²) in [6, 6.07) is 4.99. The SMILES string of the molecule is COC1=NC(c2ccccc2[N+](=O)[O-])C(C(=O)O)C(C)=N1. The van der Waals surface area contributed by atoms with E-state index >= 15 is 0 Å². The summed E-state index contributed by atoms with van der Waals surface area (Å²) in [5.41, 5.74) is 0.332. The second-order valence-electron chi connectivity index (χ2n) is 4.45. The molecule has 0 amide bonds. The zero-order chi connectivity index (χ0) is 15.6. The Balaban J connectivity index is 2.59. The highest BCUT2D eigenvalue weighted by Crippen LogP contribution is 2.36. The van der Waals surface area contributed by atoms with Gasteiger partial charge in [0.15, 0.2) is 0 Å². The number of rotatable bonds is 3. The molecule has 110 valence electrons. The second kappa shape index (κ2) is 5.70. The van der Waals surface area contributed by atoms with E-state index in [1.54, 1.807) is 6.07 Å². The van der Waals surface area contributed by atoms with Crippen LogP contribution in [0.3, 0.4) is 0 Å². The molecule has 0 saturated heterocycles. The van der Waals surface area contributed by atoms with Crippen molar-refractivity contribution in [2.45, 2.75) is 13.0 Å². The molecular formula is C13H13N3O5. The Kier molecular flexibility index (Phi) is 3.97. The highest BCUT2D eigenvalue weighted by atomic mass is 16.6. The minimum absolute atomic E-state index is 0.00755. The number of methoxy groups -OCH3 is 1. The molecule has 2 unspecified atom stereocenters. The maximum atomic E-state index is 11.5. The summed E-state index contributed by atoms with van der Waals surface area (Å²) in [5, 5.41) is 20.5. The summed E-state index contributed by atoms with van der Waals surface area (Å²) in [7, 11) is 1.35. The van der Waals surface area contributed by atoms with Crippen LogP contribution in [0.4, 0.5) is 5.69 Å². The van der Waals surface area contributed by atoms with Crippen LogP contribution < -0.4 is 0 Å². The summed E-state index contributed by atoms with van der Waals surface area (Å²) >= 11 is 0. The first kappa shape index (κ1) is 14.6. The topological polar surface area (TPSA) is 114 Å². The van der Waals surface area contributed by atoms with Crippen molar-refractivity contribution < 1.29 is 19.6 Å². The van der Waals surface area contributed by atoms with E-state index < -0.39 is 22.9 Å². The first-order valence-electron chi connectivity index (χ1n) is 6.08. The summed E-state index contributed by atoms with van der Waals surface area (Å²) in [6.07, 6.45) is 0. The van der Waals surface area contributed by atoms with Crippen LogP contribution in [0.2, 0.25) is 0 Å². The van der Waals surface area contributed by atoms with E-state index in [4.69, 9.17) is 4.74 Å². The summed E-state index contributed by atoms with van der Waals surface area (Å²) in [4.78, 5) is 30.1. The fourth-order valence-corrected chi connectivity index (χ4v) is 2.24. The van der Waals surface area contributed by atoms with Crippen LogP contribution in [-0.2, 0) is 9.53 Å². The van der Waals surface area contributed by atoms with Gasteiger partial charge in [0, 0.05) is 11.8 Å². The Morgan fingerprint density at radius 3 is 2.67 bits per heavy atom. The molecule has 0 aliphatic carbocycles. The third kappa shape index (κ3) is 2.73. The molecule has 8 heteroatoms. The number of nitro groups is 1. The number of carboxylic acids is 1. The first-order valence-corrected chi connectivity index (χ1v) is 6.08. The fraction of sp³-hybridized carbons (Fsp3) is 0.308. The number of nitrogens with zero attached hydrogens (tertiary/aromatic N) is 3. The van der Waals surface area contributed by atoms with Crippen molar-refractivity contribution in [3.05, 3.63) is 39.9 Å². The van der Waals surface area contributed by atoms with Gasteiger partial charge in [-0.2, -0.15) is 0 Å². The third-order valence-electron chi connectivity index (χ3n) is 3.19. The van der Waals surface area contributed by atoms with E-state index in [2.05, 4.69) is 9.98 Å². The molecule has 0 bridgehead atoms. The van der Waals surface area contributed by atoms with Gasteiger partial charge in [0.25, 0.3) is 5.69 Å². The predicted molar refractivity (Wildman–Crippen MR) is 74.5 cm³/mol. The third-order valence-corrected chi connectivity index (χ3v) is 3.19. The molecule has 2 atom stereocenters. The average Bonchev–Trinajstić information content (AvgIpc) is 2.45. The molecule has 0 spiro atoms. The van der Waals surface area contributed by atoms with Gasteiger partial charge in [-0.05, 0) is 13.0 Å². The van der Waals surface area contributed by atoms with E-state index in [9.17, 15) is 20.0 Å². The number of carboxylic acid groups (broad SMARTS) is 1. The zero-order valence-corrected chi connectivity index (χ0v) is 11.4. The molecule has 1 aliphatic heterocycles. The highest BCUT2D eigenvalue weighted by Gasteiger charge is 2.38. The number of aliphatic carboxylic acids is 1. The van der Waals surface area contributed by atoms with Gasteiger partial charge in [0.1, 0.15) is 12.0 Å². The van der Waals surface area contributed by atoms with Gasteiger partial charge >= 0.3 is 12.0 Å². The van der Waals surface area contributed by atoms with E-state index in [0.717, 1.165) is 0 Å². The molecule has 1 aromatic rings. The molecule has 2 rings (SSSR count). The van der Waals surface area contributed by atoms with Gasteiger partial charge in [-0.25, -0.2) is 9.98 Å². The maximum Gasteiger partial charge on any atom is 0.314 e. The van der Waals surface area contributed by atoms with Crippen molar-refractivity contribution in [3.8, 4) is 0 Å². The summed E-state index contributed by atoms with van der Waals surface area (Å²) in [6.45, 7) is 1.54. The molecule has 8 nitrogen and oxygen atoms in total. The van der Waals surface area contributed by atoms with Gasteiger partial charge < -0.3 is 9.84 Å². The molecule has 1 aliphatic rings. The van der Waals surface area contributed by atoms with Crippen molar-refractivity contribution in [3.63, 3.8) is 0 Å². The number of hydrogen-bond acceptors (Lipinski definition) is 6. The minimum Gasteiger partial charge on any atom is -0.481 e. The van der Waals surface area contributed by atoms with Gasteiger partial charge in [-0.1, -0.05) is 12.1 Å². The van der Waals surface area contributed by atoms with E-state index in [0.29, 0.717) is 0 Å². The highest BCUT2D eigenvalue weighted by molar-refractivity contribution is 6.07. The summed E-state index contributed by atoms with van der Waals surface area (Å²) < 4.78 is 4.94. The van der Waals surface area contributed by atoms with Crippen LogP contribution in [0.5, 0.6) is 0 Å². The monoisotopic (exact) mass is 291 g/mol. The summed E-state index contributed by atoms with van der Waals surface area (Å²) in [5.74, 6) is -2.21. The zero-order valence-electron chi connectivity index (χ0n) is 11.4. The molecule has 0 saturated carbocycles. The molecule has 21 heavy (non-hydrogen) atoms. The van der Waals surface area contributed by atoms with Gasteiger partial charge in [0.2, 0.25) is 0 Å². The molecule has 1 aromatic carbocycles. The van der Waals surface area contributed by atoms with Crippen LogP contribution in [0.15, 0.2) is 34.3 Å². The normalized spacial score (nSPS) is 21.2. The van der Waals surface area contributed by atoms with Crippen molar-refractivity contribution in [2.24, 2.45) is 15.9 Å². The van der Waals surface area contributed by atoms with Crippen molar-refractivity contribution in [1.29, 1.82) is 0 Å². The van der Waals surface area contributed by atoms with Crippen molar-refractivity contribution in [1.82, 2.24) is 0 Å². The fourth-order valence-electron chi connectivity index (χ4n) is 2.24. The van der Waals surface area contributed by atoms with Crippen LogP contribution >= 0.6 is 0 Å². The molecule has 0 radical (unpaired) electrons. The van der Waals surface area contributed by atoms with E-state index in [1.165, 1.54) is 32.2 Å². The lowest BCUT2D eigenvalue weighted by atomic mass is 9.88. The molecule has 0 aromatic heterocycles. The van der Waals surface area contributed by atoms with Crippen LogP contribution in [0.1, 0.15) is 18.5 Å². The quantitative estimate of drug-likeness (QED) is 0.673. The number of nitro benzene ring substituents is 1. The largest absolute Gasteiger partial charge is 0.481 e. The maximum absolute atomic E-state index is 11.5. The van der Waals surface area contributed by atoms with E-state index in [-0.39, 0.29) is 23.0 Å². The smallest absolute Gasteiger partial charge is 0.314 e. The lowest BCUT2D eigenvalue weighted by Crippen LogP contribution is -2.32. The standard InChI is InChI=1S/C13H13N3O5/c1-7-10(12(17)18)11(15-13(14-7)21-2)8-5-3-4-6-9(8)16(19)20/h3-6,10-11H,1-2H3,(H,17,18). The van der Waals surface area contributed by atoms with E-state index in [1.807, 2.05) is 0 Å².